The largest absolute Gasteiger partial charge is 0.309 e. The van der Waals surface area contributed by atoms with Crippen molar-refractivity contribution in [2.75, 3.05) is 0 Å². The first-order valence-electron chi connectivity index (χ1n) is 3.36. The standard InChI is InChI=1S/C9H8FN/c1-7(11-2)8-4-3-5-9(10)6-8/h3-7H,1H3. The summed E-state index contributed by atoms with van der Waals surface area (Å²) in [6.07, 6.45) is 0. The summed E-state index contributed by atoms with van der Waals surface area (Å²) < 4.78 is 12.6. The van der Waals surface area contributed by atoms with Gasteiger partial charge in [0.25, 0.3) is 0 Å². The van der Waals surface area contributed by atoms with Gasteiger partial charge >= 0.3 is 0 Å². The van der Waals surface area contributed by atoms with E-state index in [-0.39, 0.29) is 11.9 Å². The molecule has 56 valence electrons. The maximum absolute atomic E-state index is 12.6. The van der Waals surface area contributed by atoms with E-state index in [4.69, 9.17) is 6.57 Å². The normalized spacial score (nSPS) is 12.1. The molecule has 0 amide bonds. The molecule has 0 aliphatic heterocycles. The van der Waals surface area contributed by atoms with E-state index < -0.39 is 0 Å². The van der Waals surface area contributed by atoms with Crippen LogP contribution in [0.15, 0.2) is 24.3 Å². The van der Waals surface area contributed by atoms with Gasteiger partial charge < -0.3 is 4.85 Å². The molecule has 0 aliphatic carbocycles. The third-order valence-electron chi connectivity index (χ3n) is 1.52. The monoisotopic (exact) mass is 149 g/mol. The highest BCUT2D eigenvalue weighted by atomic mass is 19.1. The lowest BCUT2D eigenvalue weighted by Gasteiger charge is -1.97. The van der Waals surface area contributed by atoms with E-state index >= 15 is 0 Å². The SMILES string of the molecule is [C-]#[N+]C(C)c1cccc(F)c1. The number of benzene rings is 1. The summed E-state index contributed by atoms with van der Waals surface area (Å²) in [7, 11) is 0. The van der Waals surface area contributed by atoms with E-state index in [0.717, 1.165) is 5.56 Å². The van der Waals surface area contributed by atoms with E-state index in [1.54, 1.807) is 19.1 Å². The average molecular weight is 149 g/mol. The van der Waals surface area contributed by atoms with Crippen molar-refractivity contribution in [3.63, 3.8) is 0 Å². The van der Waals surface area contributed by atoms with Gasteiger partial charge in [-0.1, -0.05) is 12.1 Å². The first-order valence-corrected chi connectivity index (χ1v) is 3.36. The Hall–Kier alpha value is -1.36. The Kier molecular flexibility index (Phi) is 2.22. The minimum atomic E-state index is -0.280. The van der Waals surface area contributed by atoms with Crippen molar-refractivity contribution >= 4 is 0 Å². The first kappa shape index (κ1) is 7.74. The minimum absolute atomic E-state index is 0.245. The third-order valence-corrected chi connectivity index (χ3v) is 1.52. The second-order valence-corrected chi connectivity index (χ2v) is 2.36. The van der Waals surface area contributed by atoms with Crippen LogP contribution >= 0.6 is 0 Å². The third kappa shape index (κ3) is 1.78. The van der Waals surface area contributed by atoms with Crippen LogP contribution in [0.2, 0.25) is 0 Å². The van der Waals surface area contributed by atoms with Crippen LogP contribution in [0.4, 0.5) is 4.39 Å². The molecule has 1 rings (SSSR count). The fraction of sp³-hybridized carbons (Fsp3) is 0.222. The zero-order valence-corrected chi connectivity index (χ0v) is 6.21. The highest BCUT2D eigenvalue weighted by Crippen LogP contribution is 2.16. The molecule has 1 aromatic carbocycles. The van der Waals surface area contributed by atoms with Crippen LogP contribution in [0.5, 0.6) is 0 Å². The molecule has 11 heavy (non-hydrogen) atoms. The Morgan fingerprint density at radius 1 is 1.55 bits per heavy atom. The van der Waals surface area contributed by atoms with Crippen molar-refractivity contribution in [3.05, 3.63) is 47.1 Å². The molecule has 1 unspecified atom stereocenters. The molecule has 0 aliphatic rings. The average Bonchev–Trinajstić information content (AvgIpc) is 2.03. The molecule has 1 nitrogen and oxygen atoms in total. The second-order valence-electron chi connectivity index (χ2n) is 2.36. The zero-order valence-electron chi connectivity index (χ0n) is 6.21. The molecule has 0 saturated carbocycles. The van der Waals surface area contributed by atoms with Crippen molar-refractivity contribution in [1.82, 2.24) is 0 Å². The van der Waals surface area contributed by atoms with Crippen LogP contribution in [0.25, 0.3) is 4.85 Å². The minimum Gasteiger partial charge on any atom is -0.309 e. The van der Waals surface area contributed by atoms with E-state index in [1.807, 2.05) is 0 Å². The highest BCUT2D eigenvalue weighted by molar-refractivity contribution is 5.21. The fourth-order valence-electron chi connectivity index (χ4n) is 0.841. The van der Waals surface area contributed by atoms with Gasteiger partial charge in [0.1, 0.15) is 5.82 Å². The van der Waals surface area contributed by atoms with Crippen LogP contribution < -0.4 is 0 Å². The topological polar surface area (TPSA) is 4.36 Å². The van der Waals surface area contributed by atoms with Crippen LogP contribution in [-0.4, -0.2) is 0 Å². The highest BCUT2D eigenvalue weighted by Gasteiger charge is 2.07. The maximum atomic E-state index is 12.6. The van der Waals surface area contributed by atoms with Crippen molar-refractivity contribution in [2.45, 2.75) is 13.0 Å². The predicted molar refractivity (Wildman–Crippen MR) is 41.4 cm³/mol. The van der Waals surface area contributed by atoms with Gasteiger partial charge in [-0.25, -0.2) is 11.0 Å². The molecule has 0 heterocycles. The van der Waals surface area contributed by atoms with E-state index in [0.29, 0.717) is 0 Å². The molecule has 0 fully saturated rings. The summed E-state index contributed by atoms with van der Waals surface area (Å²) >= 11 is 0. The van der Waals surface area contributed by atoms with Crippen molar-refractivity contribution < 1.29 is 4.39 Å². The molecule has 0 saturated heterocycles. The summed E-state index contributed by atoms with van der Waals surface area (Å²) in [6, 6.07) is 5.90. The van der Waals surface area contributed by atoms with Gasteiger partial charge in [0.15, 0.2) is 0 Å². The summed E-state index contributed by atoms with van der Waals surface area (Å²) in [4.78, 5) is 3.28. The summed E-state index contributed by atoms with van der Waals surface area (Å²) in [5.41, 5.74) is 0.736. The molecule has 1 aromatic rings. The van der Waals surface area contributed by atoms with Crippen molar-refractivity contribution in [2.24, 2.45) is 0 Å². The molecule has 0 bridgehead atoms. The molecule has 0 radical (unpaired) electrons. The first-order chi connectivity index (χ1) is 5.24. The van der Waals surface area contributed by atoms with Crippen LogP contribution in [0.1, 0.15) is 18.5 Å². The summed E-state index contributed by atoms with van der Waals surface area (Å²) in [5.74, 6) is -0.280. The van der Waals surface area contributed by atoms with Gasteiger partial charge in [0.2, 0.25) is 6.04 Å². The smallest absolute Gasteiger partial charge is 0.246 e. The second kappa shape index (κ2) is 3.16. The number of rotatable bonds is 1. The van der Waals surface area contributed by atoms with Gasteiger partial charge in [-0.2, -0.15) is 0 Å². The number of halogens is 1. The van der Waals surface area contributed by atoms with Crippen LogP contribution in [0, 0.1) is 12.4 Å². The Balaban J connectivity index is 2.98. The van der Waals surface area contributed by atoms with Crippen molar-refractivity contribution in [1.29, 1.82) is 0 Å². The Morgan fingerprint density at radius 3 is 2.82 bits per heavy atom. The molecule has 1 atom stereocenters. The molecular weight excluding hydrogens is 141 g/mol. The fourth-order valence-corrected chi connectivity index (χ4v) is 0.841. The van der Waals surface area contributed by atoms with Crippen LogP contribution in [0.3, 0.4) is 0 Å². The Bertz CT molecular complexity index is 288. The lowest BCUT2D eigenvalue weighted by Crippen LogP contribution is -1.86. The number of nitrogens with zero attached hydrogens (tertiary/aromatic N) is 1. The lowest BCUT2D eigenvalue weighted by atomic mass is 10.1. The predicted octanol–water partition coefficient (Wildman–Crippen LogP) is 2.81. The van der Waals surface area contributed by atoms with Gasteiger partial charge in [-0.3, -0.25) is 0 Å². The molecular formula is C9H8FN. The molecule has 0 spiro atoms. The van der Waals surface area contributed by atoms with E-state index in [2.05, 4.69) is 4.85 Å². The quantitative estimate of drug-likeness (QED) is 0.541. The van der Waals surface area contributed by atoms with Crippen LogP contribution in [-0.2, 0) is 0 Å². The van der Waals surface area contributed by atoms with E-state index in [9.17, 15) is 4.39 Å². The van der Waals surface area contributed by atoms with Crippen molar-refractivity contribution in [3.8, 4) is 0 Å². The van der Waals surface area contributed by atoms with Gasteiger partial charge in [-0.15, -0.1) is 0 Å². The number of hydrogen-bond donors (Lipinski definition) is 0. The molecule has 0 N–H and O–H groups in total. The van der Waals surface area contributed by atoms with Gasteiger partial charge in [0, 0.05) is 12.5 Å². The number of hydrogen-bond acceptors (Lipinski definition) is 0. The summed E-state index contributed by atoms with van der Waals surface area (Å²) in [6.45, 7) is 8.47. The molecule has 0 aromatic heterocycles. The maximum Gasteiger partial charge on any atom is 0.246 e. The summed E-state index contributed by atoms with van der Waals surface area (Å²) in [5, 5.41) is 0. The lowest BCUT2D eigenvalue weighted by molar-refractivity contribution is 0.624. The molecule has 2 heteroatoms. The van der Waals surface area contributed by atoms with Gasteiger partial charge in [0.05, 0.1) is 0 Å². The zero-order chi connectivity index (χ0) is 8.27. The Morgan fingerprint density at radius 2 is 2.27 bits per heavy atom. The van der Waals surface area contributed by atoms with E-state index in [1.165, 1.54) is 12.1 Å². The van der Waals surface area contributed by atoms with Gasteiger partial charge in [-0.05, 0) is 12.1 Å². The Labute approximate surface area is 65.3 Å².